The molecule has 4 aliphatic heterocycles. The zero-order valence-electron chi connectivity index (χ0n) is 35.3. The molecule has 3 N–H and O–H groups in total. The van der Waals surface area contributed by atoms with Crippen molar-refractivity contribution in [3.63, 3.8) is 0 Å². The highest BCUT2D eigenvalue weighted by Crippen LogP contribution is 2.52. The number of aromatic nitrogens is 4. The van der Waals surface area contributed by atoms with E-state index in [0.717, 1.165) is 111 Å². The van der Waals surface area contributed by atoms with E-state index in [1.165, 1.54) is 7.11 Å². The average molecular weight is 828 g/mol. The van der Waals surface area contributed by atoms with Crippen LogP contribution in [0.5, 0.6) is 17.2 Å². The van der Waals surface area contributed by atoms with Crippen molar-refractivity contribution >= 4 is 23.5 Å². The smallest absolute Gasteiger partial charge is 0.294 e. The van der Waals surface area contributed by atoms with Crippen LogP contribution in [-0.4, -0.2) is 88.3 Å². The first kappa shape index (κ1) is 40.4. The van der Waals surface area contributed by atoms with Crippen molar-refractivity contribution in [1.29, 1.82) is 0 Å². The van der Waals surface area contributed by atoms with Crippen LogP contribution in [0.4, 0.5) is 0 Å². The van der Waals surface area contributed by atoms with Crippen LogP contribution in [-0.2, 0) is 19.2 Å². The molecule has 61 heavy (non-hydrogen) atoms. The third-order valence-corrected chi connectivity index (χ3v) is 12.6. The number of H-pyrrole nitrogens is 2. The first-order valence-corrected chi connectivity index (χ1v) is 21.3. The van der Waals surface area contributed by atoms with Crippen LogP contribution >= 0.6 is 0 Å². The van der Waals surface area contributed by atoms with Gasteiger partial charge in [-0.1, -0.05) is 57.2 Å². The van der Waals surface area contributed by atoms with Crippen LogP contribution in [0.3, 0.4) is 0 Å². The lowest BCUT2D eigenvalue weighted by Crippen LogP contribution is -2.48. The monoisotopic (exact) mass is 827 g/mol. The zero-order valence-corrected chi connectivity index (χ0v) is 35.3. The lowest BCUT2D eigenvalue weighted by Gasteiger charge is -2.35. The molecular weight excluding hydrogens is 775 g/mol. The van der Waals surface area contributed by atoms with Crippen LogP contribution in [0, 0.1) is 5.92 Å². The van der Waals surface area contributed by atoms with E-state index in [1.54, 1.807) is 7.11 Å². The molecule has 3 aromatic carbocycles. The van der Waals surface area contributed by atoms with Crippen molar-refractivity contribution in [2.24, 2.45) is 5.92 Å². The maximum Gasteiger partial charge on any atom is 0.294 e. The van der Waals surface area contributed by atoms with Gasteiger partial charge in [0.2, 0.25) is 5.91 Å². The largest absolute Gasteiger partial charge is 0.497 e. The summed E-state index contributed by atoms with van der Waals surface area (Å²) in [6.07, 6.45) is 7.35. The van der Waals surface area contributed by atoms with Gasteiger partial charge in [0.05, 0.1) is 50.1 Å². The normalized spacial score (nSPS) is 20.7. The third kappa shape index (κ3) is 7.57. The van der Waals surface area contributed by atoms with E-state index < -0.39 is 12.1 Å². The Morgan fingerprint density at radius 1 is 0.918 bits per heavy atom. The number of nitrogens with one attached hydrogen (secondary N) is 3. The van der Waals surface area contributed by atoms with Gasteiger partial charge in [-0.15, -0.1) is 0 Å². The number of hydrogen-bond donors (Lipinski definition) is 3. The number of aromatic amines is 2. The van der Waals surface area contributed by atoms with Gasteiger partial charge in [-0.3, -0.25) is 14.5 Å². The standard InChI is InChI=1S/C47H53N7O7/c1-6-41(60-26-55)53-18-8-12-37(53)45-48-24-36(50-45)29-14-16-32-34-25-59-39-21-28(15-17-33(39)42(34)44(61-40(32)22-29)30-10-7-11-31(20-30)57-4)35-23-49-46(51-35)38-13-9-19-54(38)47(56)43(27(2)3)52-58-5/h7,10-11,14-17,20-24,26-27,37-38,41,43-44,52H,6,8-9,12-13,18-19,25H2,1-5H3,(H,48,50)(H,49,51)/t37-,38-,41?,43-,44?/m0/s1. The number of hydrogen-bond acceptors (Lipinski definition) is 11. The van der Waals surface area contributed by atoms with Gasteiger partial charge in [0.25, 0.3) is 6.47 Å². The number of methoxy groups -OCH3 is 1. The van der Waals surface area contributed by atoms with Crippen LogP contribution in [0.15, 0.2) is 73.1 Å². The molecule has 0 bridgehead atoms. The Balaban J connectivity index is 1.03. The van der Waals surface area contributed by atoms with Crippen molar-refractivity contribution in [3.8, 4) is 39.8 Å². The minimum atomic E-state index is -0.445. The molecule has 2 unspecified atom stereocenters. The molecule has 14 nitrogen and oxygen atoms in total. The van der Waals surface area contributed by atoms with Gasteiger partial charge >= 0.3 is 0 Å². The SMILES string of the molecule is CCC(OC=O)N1CCC[C@H]1c1ncc(-c2ccc3c(c2)OC(c2cccc(OC)c2)C2=C3COc3cc(-c4cnc([C@@H]5CCCN5C(=O)[C@@H](NOC)C(C)C)[nH]4)ccc32)[nH]1. The molecule has 318 valence electrons. The Hall–Kier alpha value is -5.96. The number of rotatable bonds is 14. The number of ether oxygens (including phenoxy) is 4. The van der Waals surface area contributed by atoms with Crippen molar-refractivity contribution in [2.45, 2.75) is 83.3 Å². The predicted molar refractivity (Wildman–Crippen MR) is 229 cm³/mol. The fraction of sp³-hybridized carbons (Fsp3) is 0.404. The first-order chi connectivity index (χ1) is 29.8. The summed E-state index contributed by atoms with van der Waals surface area (Å²) in [6, 6.07) is 20.0. The number of fused-ring (bicyclic) bond motifs is 4. The lowest BCUT2D eigenvalue weighted by molar-refractivity contribution is -0.145. The fourth-order valence-corrected chi connectivity index (χ4v) is 9.50. The molecule has 1 amide bonds. The maximum absolute atomic E-state index is 13.6. The van der Waals surface area contributed by atoms with Crippen molar-refractivity contribution in [1.82, 2.24) is 35.2 Å². The predicted octanol–water partition coefficient (Wildman–Crippen LogP) is 7.80. The maximum atomic E-state index is 13.6. The molecule has 6 heterocycles. The lowest BCUT2D eigenvalue weighted by atomic mass is 9.83. The summed E-state index contributed by atoms with van der Waals surface area (Å²) in [6.45, 7) is 8.45. The molecule has 2 fully saturated rings. The Morgan fingerprint density at radius 3 is 2.33 bits per heavy atom. The Morgan fingerprint density at radius 2 is 1.62 bits per heavy atom. The molecule has 2 aromatic heterocycles. The summed E-state index contributed by atoms with van der Waals surface area (Å²) in [7, 11) is 3.21. The quantitative estimate of drug-likeness (QED) is 0.0742. The molecule has 0 aliphatic carbocycles. The van der Waals surface area contributed by atoms with E-state index in [0.29, 0.717) is 26.0 Å². The number of hydroxylamine groups is 1. The zero-order chi connectivity index (χ0) is 42.2. The van der Waals surface area contributed by atoms with Gasteiger partial charge in [0, 0.05) is 52.1 Å². The van der Waals surface area contributed by atoms with E-state index >= 15 is 0 Å². The summed E-state index contributed by atoms with van der Waals surface area (Å²) in [5, 5.41) is 0. The van der Waals surface area contributed by atoms with E-state index in [-0.39, 0.29) is 30.1 Å². The topological polar surface area (TPSA) is 156 Å². The Kier molecular flexibility index (Phi) is 11.4. The number of nitrogens with zero attached hydrogens (tertiary/aromatic N) is 4. The highest BCUT2D eigenvalue weighted by Gasteiger charge is 2.39. The molecular formula is C47H53N7O7. The van der Waals surface area contributed by atoms with Crippen molar-refractivity contribution in [2.75, 3.05) is 33.9 Å². The number of likely N-dealkylation sites (tertiary alicyclic amines) is 2. The first-order valence-electron chi connectivity index (χ1n) is 21.3. The summed E-state index contributed by atoms with van der Waals surface area (Å²) in [4.78, 5) is 50.9. The van der Waals surface area contributed by atoms with Crippen molar-refractivity contribution < 1.29 is 33.4 Å². The molecule has 9 rings (SSSR count). The third-order valence-electron chi connectivity index (χ3n) is 12.6. The molecule has 5 atom stereocenters. The molecule has 0 radical (unpaired) electrons. The minimum Gasteiger partial charge on any atom is -0.497 e. The van der Waals surface area contributed by atoms with E-state index in [4.69, 9.17) is 33.8 Å². The van der Waals surface area contributed by atoms with E-state index in [9.17, 15) is 9.59 Å². The van der Waals surface area contributed by atoms with Crippen LogP contribution in [0.1, 0.15) is 99.4 Å². The molecule has 0 spiro atoms. The Bertz CT molecular complexity index is 2440. The number of carbonyl (C=O) groups is 2. The molecule has 5 aromatic rings. The average Bonchev–Trinajstić information content (AvgIpc) is 4.14. The fourth-order valence-electron chi connectivity index (χ4n) is 9.50. The minimum absolute atomic E-state index is 0.0112. The van der Waals surface area contributed by atoms with Crippen LogP contribution in [0.25, 0.3) is 33.7 Å². The van der Waals surface area contributed by atoms with Gasteiger partial charge in [-0.25, -0.2) is 9.97 Å². The van der Waals surface area contributed by atoms with Gasteiger partial charge in [-0.2, -0.15) is 5.48 Å². The second-order valence-electron chi connectivity index (χ2n) is 16.5. The van der Waals surface area contributed by atoms with Crippen molar-refractivity contribution in [3.05, 3.63) is 101 Å². The number of imidazole rings is 2. The second-order valence-corrected chi connectivity index (χ2v) is 16.5. The highest BCUT2D eigenvalue weighted by atomic mass is 16.6. The van der Waals surface area contributed by atoms with E-state index in [1.807, 2.05) is 56.3 Å². The number of carbonyl (C=O) groups excluding carboxylic acids is 2. The van der Waals surface area contributed by atoms with E-state index in [2.05, 4.69) is 62.8 Å². The van der Waals surface area contributed by atoms with Crippen LogP contribution < -0.4 is 19.7 Å². The van der Waals surface area contributed by atoms with Gasteiger partial charge < -0.3 is 38.7 Å². The van der Waals surface area contributed by atoms with Crippen LogP contribution in [0.2, 0.25) is 0 Å². The summed E-state index contributed by atoms with van der Waals surface area (Å²) < 4.78 is 24.7. The molecule has 14 heteroatoms. The van der Waals surface area contributed by atoms with Gasteiger partial charge in [0.1, 0.15) is 41.5 Å². The summed E-state index contributed by atoms with van der Waals surface area (Å²) in [5.41, 5.74) is 11.5. The van der Waals surface area contributed by atoms with Gasteiger partial charge in [-0.05, 0) is 62.3 Å². The van der Waals surface area contributed by atoms with Gasteiger partial charge in [0.15, 0.2) is 12.3 Å². The second kappa shape index (κ2) is 17.2. The number of benzene rings is 3. The summed E-state index contributed by atoms with van der Waals surface area (Å²) in [5.74, 6) is 3.94. The summed E-state index contributed by atoms with van der Waals surface area (Å²) >= 11 is 0. The molecule has 0 saturated carbocycles. The Labute approximate surface area is 355 Å². The molecule has 2 saturated heterocycles. The number of amides is 1. The highest BCUT2D eigenvalue weighted by molar-refractivity contribution is 6.00. The molecule has 4 aliphatic rings.